The molecule has 0 N–H and O–H groups in total. The Labute approximate surface area is 137 Å². The van der Waals surface area contributed by atoms with E-state index in [1.807, 2.05) is 12.1 Å². The minimum atomic E-state index is -3.39. The Morgan fingerprint density at radius 1 is 1.52 bits per heavy atom. The van der Waals surface area contributed by atoms with Crippen molar-refractivity contribution in [3.05, 3.63) is 30.1 Å². The summed E-state index contributed by atoms with van der Waals surface area (Å²) in [6.45, 7) is 3.05. The van der Waals surface area contributed by atoms with E-state index in [0.29, 0.717) is 39.5 Å². The van der Waals surface area contributed by atoms with Gasteiger partial charge in [-0.05, 0) is 11.6 Å². The molecule has 0 saturated carbocycles. The maximum absolute atomic E-state index is 12.4. The van der Waals surface area contributed by atoms with Crippen molar-refractivity contribution in [2.24, 2.45) is 11.3 Å². The van der Waals surface area contributed by atoms with Gasteiger partial charge in [0.15, 0.2) is 0 Å². The van der Waals surface area contributed by atoms with Crippen LogP contribution in [0.15, 0.2) is 24.5 Å². The van der Waals surface area contributed by atoms with Gasteiger partial charge < -0.3 is 9.47 Å². The molecule has 0 amide bonds. The first-order chi connectivity index (χ1) is 10.9. The zero-order valence-electron chi connectivity index (χ0n) is 13.5. The fourth-order valence-corrected chi connectivity index (χ4v) is 4.50. The fraction of sp³-hybridized carbons (Fsp3) is 0.667. The molecule has 23 heavy (non-hydrogen) atoms. The zero-order valence-corrected chi connectivity index (χ0v) is 14.3. The third-order valence-corrected chi connectivity index (χ3v) is 6.51. The molecule has 1 aromatic rings. The van der Waals surface area contributed by atoms with E-state index in [1.54, 1.807) is 30.8 Å². The molecule has 2 aliphatic rings. The van der Waals surface area contributed by atoms with Gasteiger partial charge in [-0.15, -0.1) is 0 Å². The van der Waals surface area contributed by atoms with Crippen molar-refractivity contribution >= 4 is 10.2 Å². The van der Waals surface area contributed by atoms with Crippen LogP contribution < -0.4 is 0 Å². The van der Waals surface area contributed by atoms with Gasteiger partial charge >= 0.3 is 0 Å². The molecule has 8 heteroatoms. The summed E-state index contributed by atoms with van der Waals surface area (Å²) in [5.41, 5.74) is 0.765. The Hall–Kier alpha value is -1.06. The van der Waals surface area contributed by atoms with Crippen LogP contribution in [0.3, 0.4) is 0 Å². The molecule has 2 atom stereocenters. The third-order valence-electron chi connectivity index (χ3n) is 4.66. The molecule has 0 radical (unpaired) electrons. The van der Waals surface area contributed by atoms with Crippen LogP contribution in [0.4, 0.5) is 0 Å². The van der Waals surface area contributed by atoms with Gasteiger partial charge in [-0.3, -0.25) is 4.98 Å². The Morgan fingerprint density at radius 3 is 3.04 bits per heavy atom. The number of aromatic nitrogens is 1. The van der Waals surface area contributed by atoms with Gasteiger partial charge in [0, 0.05) is 50.9 Å². The highest BCUT2D eigenvalue weighted by Crippen LogP contribution is 2.42. The van der Waals surface area contributed by atoms with Crippen LogP contribution in [0.2, 0.25) is 0 Å². The van der Waals surface area contributed by atoms with E-state index in [2.05, 4.69) is 4.98 Å². The summed E-state index contributed by atoms with van der Waals surface area (Å²) in [7, 11) is -0.266. The molecule has 0 bridgehead atoms. The van der Waals surface area contributed by atoms with Gasteiger partial charge in [0.25, 0.3) is 10.2 Å². The van der Waals surface area contributed by atoms with Crippen molar-refractivity contribution in [3.8, 4) is 0 Å². The Bertz CT molecular complexity index is 637. The molecule has 2 saturated heterocycles. The lowest BCUT2D eigenvalue weighted by Gasteiger charge is -2.27. The third kappa shape index (κ3) is 3.27. The highest BCUT2D eigenvalue weighted by molar-refractivity contribution is 7.86. The van der Waals surface area contributed by atoms with E-state index >= 15 is 0 Å². The fourth-order valence-electron chi connectivity index (χ4n) is 3.25. The Kier molecular flexibility index (Phi) is 4.70. The van der Waals surface area contributed by atoms with Crippen LogP contribution in [0.25, 0.3) is 0 Å². The summed E-state index contributed by atoms with van der Waals surface area (Å²) in [5.74, 6) is 0.186. The molecule has 2 aliphatic heterocycles. The summed E-state index contributed by atoms with van der Waals surface area (Å²) >= 11 is 0. The summed E-state index contributed by atoms with van der Waals surface area (Å²) in [5, 5.41) is 0. The lowest BCUT2D eigenvalue weighted by atomic mass is 9.82. The Balaban J connectivity index is 1.65. The highest BCUT2D eigenvalue weighted by atomic mass is 32.2. The summed E-state index contributed by atoms with van der Waals surface area (Å²) in [4.78, 5) is 4.07. The topological polar surface area (TPSA) is 72.0 Å². The Morgan fingerprint density at radius 2 is 2.35 bits per heavy atom. The van der Waals surface area contributed by atoms with Gasteiger partial charge in [-0.2, -0.15) is 17.0 Å². The predicted octanol–water partition coefficient (Wildman–Crippen LogP) is 0.353. The normalized spacial score (nSPS) is 28.4. The van der Waals surface area contributed by atoms with E-state index < -0.39 is 10.2 Å². The molecule has 1 aromatic heterocycles. The zero-order chi connectivity index (χ0) is 16.5. The van der Waals surface area contributed by atoms with Crippen molar-refractivity contribution in [1.29, 1.82) is 0 Å². The molecule has 3 rings (SSSR count). The standard InChI is InChI=1S/C15H23N3O4S/c1-17(2)23(19,20)18-7-14-9-22-12-15(14,10-18)11-21-8-13-4-3-5-16-6-13/h3-6,14H,7-12H2,1-2H3/t14-,15-/m0/s1. The maximum atomic E-state index is 12.4. The van der Waals surface area contributed by atoms with Crippen molar-refractivity contribution < 1.29 is 17.9 Å². The van der Waals surface area contributed by atoms with Crippen LogP contribution in [-0.2, 0) is 26.3 Å². The number of hydrogen-bond acceptors (Lipinski definition) is 5. The van der Waals surface area contributed by atoms with E-state index in [4.69, 9.17) is 9.47 Å². The number of ether oxygens (including phenoxy) is 2. The van der Waals surface area contributed by atoms with E-state index in [9.17, 15) is 8.42 Å². The maximum Gasteiger partial charge on any atom is 0.281 e. The number of pyridine rings is 1. The molecule has 128 valence electrons. The van der Waals surface area contributed by atoms with Crippen LogP contribution in [0.1, 0.15) is 5.56 Å². The van der Waals surface area contributed by atoms with Crippen molar-refractivity contribution in [2.75, 3.05) is 47.0 Å². The predicted molar refractivity (Wildman–Crippen MR) is 84.8 cm³/mol. The molecule has 0 unspecified atom stereocenters. The number of nitrogens with zero attached hydrogens (tertiary/aromatic N) is 3. The van der Waals surface area contributed by atoms with E-state index in [-0.39, 0.29) is 11.3 Å². The summed E-state index contributed by atoms with van der Waals surface area (Å²) in [6.07, 6.45) is 3.50. The van der Waals surface area contributed by atoms with E-state index in [0.717, 1.165) is 5.56 Å². The molecular weight excluding hydrogens is 318 g/mol. The number of hydrogen-bond donors (Lipinski definition) is 0. The minimum Gasteiger partial charge on any atom is -0.380 e. The average molecular weight is 341 g/mol. The second kappa shape index (κ2) is 6.45. The first-order valence-electron chi connectivity index (χ1n) is 7.66. The monoisotopic (exact) mass is 341 g/mol. The van der Waals surface area contributed by atoms with Gasteiger partial charge in [-0.25, -0.2) is 0 Å². The van der Waals surface area contributed by atoms with Crippen LogP contribution in [-0.4, -0.2) is 69.0 Å². The second-order valence-corrected chi connectivity index (χ2v) is 8.65. The second-order valence-electron chi connectivity index (χ2n) is 6.51. The molecule has 2 fully saturated rings. The summed E-state index contributed by atoms with van der Waals surface area (Å²) in [6, 6.07) is 3.84. The molecule has 7 nitrogen and oxygen atoms in total. The summed E-state index contributed by atoms with van der Waals surface area (Å²) < 4.78 is 39.0. The lowest BCUT2D eigenvalue weighted by Crippen LogP contribution is -2.41. The van der Waals surface area contributed by atoms with Gasteiger partial charge in [0.1, 0.15) is 0 Å². The first-order valence-corrected chi connectivity index (χ1v) is 9.06. The largest absolute Gasteiger partial charge is 0.380 e. The van der Waals surface area contributed by atoms with Crippen molar-refractivity contribution in [2.45, 2.75) is 6.61 Å². The van der Waals surface area contributed by atoms with Gasteiger partial charge in [0.05, 0.1) is 26.4 Å². The van der Waals surface area contributed by atoms with Crippen LogP contribution in [0.5, 0.6) is 0 Å². The van der Waals surface area contributed by atoms with Crippen LogP contribution >= 0.6 is 0 Å². The molecule has 0 aromatic carbocycles. The number of rotatable bonds is 6. The quantitative estimate of drug-likeness (QED) is 0.747. The molecule has 0 aliphatic carbocycles. The van der Waals surface area contributed by atoms with Crippen LogP contribution in [0, 0.1) is 11.3 Å². The van der Waals surface area contributed by atoms with Gasteiger partial charge in [-0.1, -0.05) is 6.07 Å². The number of fused-ring (bicyclic) bond motifs is 1. The first kappa shape index (κ1) is 16.8. The van der Waals surface area contributed by atoms with E-state index in [1.165, 1.54) is 4.31 Å². The van der Waals surface area contributed by atoms with Gasteiger partial charge in [0.2, 0.25) is 0 Å². The lowest BCUT2D eigenvalue weighted by molar-refractivity contribution is 0.0222. The minimum absolute atomic E-state index is 0.186. The van der Waals surface area contributed by atoms with Crippen molar-refractivity contribution in [3.63, 3.8) is 0 Å². The smallest absolute Gasteiger partial charge is 0.281 e. The SMILES string of the molecule is CN(C)S(=O)(=O)N1C[C@H]2COC[C@@]2(COCc2cccnc2)C1. The van der Waals surface area contributed by atoms with Crippen molar-refractivity contribution in [1.82, 2.24) is 13.6 Å². The molecule has 0 spiro atoms. The highest BCUT2D eigenvalue weighted by Gasteiger charge is 2.53. The molecule has 3 heterocycles. The molecular formula is C15H23N3O4S. The average Bonchev–Trinajstić information content (AvgIpc) is 3.05.